The van der Waals surface area contributed by atoms with Gasteiger partial charge in [0.05, 0.1) is 33.1 Å². The number of phenolic OH excluding ortho intramolecular Hbond substituents is 2. The summed E-state index contributed by atoms with van der Waals surface area (Å²) in [7, 11) is 0. The molecule has 0 heterocycles. The van der Waals surface area contributed by atoms with Gasteiger partial charge in [-0.25, -0.2) is 0 Å². The maximum atomic E-state index is 15.0. The molecule has 4 N–H and O–H groups in total. The molecule has 10 nitrogen and oxygen atoms in total. The maximum Gasteiger partial charge on any atom is 0.175 e. The molecule has 4 bridgehead atoms. The van der Waals surface area contributed by atoms with Gasteiger partial charge in [0.25, 0.3) is 0 Å². The lowest BCUT2D eigenvalue weighted by atomic mass is 9.43. The molecule has 0 amide bonds. The summed E-state index contributed by atoms with van der Waals surface area (Å²) in [6, 6.07) is 5.43. The van der Waals surface area contributed by atoms with Gasteiger partial charge in [0.15, 0.2) is 23.1 Å². The molecule has 2 aromatic carbocycles. The van der Waals surface area contributed by atoms with Crippen LogP contribution in [0.3, 0.4) is 0 Å². The Bertz CT molecular complexity index is 1870. The molecule has 2 aromatic rings. The van der Waals surface area contributed by atoms with Crippen molar-refractivity contribution in [3.63, 3.8) is 0 Å². The third kappa shape index (κ3) is 2.37. The van der Waals surface area contributed by atoms with Crippen LogP contribution in [0.4, 0.5) is 0 Å². The fraction of sp³-hybridized carbons (Fsp3) is 0.353. The first kappa shape index (κ1) is 26.7. The third-order valence-corrected chi connectivity index (χ3v) is 11.4. The SMILES string of the molecule is CC(=O)[C@@H]1[C@H]2[C@H]3[C@H](C(C)=O)[C@H]4C(=O)C5=C(O)c6c(O)cc(C)cc6C(=O)C53[C@H]1C(=O)C1=C(O)c3c(O)cc(C)cc3C(=O)C124. The second kappa shape index (κ2) is 7.61. The van der Waals surface area contributed by atoms with Crippen molar-refractivity contribution < 1.29 is 49.2 Å². The van der Waals surface area contributed by atoms with E-state index in [0.29, 0.717) is 11.1 Å². The Hall–Kier alpha value is -4.86. The van der Waals surface area contributed by atoms with Gasteiger partial charge < -0.3 is 20.4 Å². The van der Waals surface area contributed by atoms with Crippen LogP contribution >= 0.6 is 0 Å². The van der Waals surface area contributed by atoms with Gasteiger partial charge in [-0.3, -0.25) is 28.8 Å². The lowest BCUT2D eigenvalue weighted by molar-refractivity contribution is -0.144. The number of hydrogen-bond acceptors (Lipinski definition) is 10. The molecule has 6 aliphatic rings. The fourth-order valence-electron chi connectivity index (χ4n) is 10.6. The Morgan fingerprint density at radius 2 is 0.955 bits per heavy atom. The summed E-state index contributed by atoms with van der Waals surface area (Å²) in [6.07, 6.45) is 0. The number of allylic oxidation sites excluding steroid dienone is 2. The summed E-state index contributed by atoms with van der Waals surface area (Å²) in [5.74, 6) is -15.3. The Morgan fingerprint density at radius 1 is 0.614 bits per heavy atom. The van der Waals surface area contributed by atoms with E-state index in [1.165, 1.54) is 38.1 Å². The van der Waals surface area contributed by atoms with Gasteiger partial charge in [0.1, 0.15) is 34.6 Å². The first-order chi connectivity index (χ1) is 20.7. The van der Waals surface area contributed by atoms with Crippen molar-refractivity contribution in [3.05, 3.63) is 68.8 Å². The summed E-state index contributed by atoms with van der Waals surface area (Å²) in [5, 5.41) is 45.3. The first-order valence-electron chi connectivity index (χ1n) is 14.4. The minimum Gasteiger partial charge on any atom is -0.507 e. The smallest absolute Gasteiger partial charge is 0.175 e. The summed E-state index contributed by atoms with van der Waals surface area (Å²) in [6.45, 7) is 5.65. The van der Waals surface area contributed by atoms with Crippen LogP contribution in [0.1, 0.15) is 56.8 Å². The number of Topliss-reactive ketones (excluding diaryl/α,β-unsaturated/α-hetero) is 6. The van der Waals surface area contributed by atoms with Crippen molar-refractivity contribution in [1.82, 2.24) is 0 Å². The predicted molar refractivity (Wildman–Crippen MR) is 151 cm³/mol. The van der Waals surface area contributed by atoms with E-state index in [-0.39, 0.29) is 22.3 Å². The fourth-order valence-corrected chi connectivity index (χ4v) is 10.6. The highest BCUT2D eigenvalue weighted by molar-refractivity contribution is 6.32. The van der Waals surface area contributed by atoms with Gasteiger partial charge in [0.2, 0.25) is 0 Å². The number of aliphatic hydroxyl groups excluding tert-OH is 2. The molecule has 0 radical (unpaired) electrons. The van der Waals surface area contributed by atoms with E-state index in [0.717, 1.165) is 0 Å². The second-order valence-electron chi connectivity index (χ2n) is 13.3. The zero-order chi connectivity index (χ0) is 31.7. The topological polar surface area (TPSA) is 183 Å². The zero-order valence-electron chi connectivity index (χ0n) is 24.0. The van der Waals surface area contributed by atoms with Crippen LogP contribution < -0.4 is 0 Å². The Kier molecular flexibility index (Phi) is 4.63. The molecular formula is C34H26O10. The van der Waals surface area contributed by atoms with Gasteiger partial charge >= 0.3 is 0 Å². The van der Waals surface area contributed by atoms with Gasteiger partial charge in [0, 0.05) is 34.8 Å². The highest BCUT2D eigenvalue weighted by Crippen LogP contribution is 2.83. The van der Waals surface area contributed by atoms with Crippen LogP contribution in [0.15, 0.2) is 35.4 Å². The number of carbonyl (C=O) groups is 6. The normalized spacial score (nSPS) is 35.5. The summed E-state index contributed by atoms with van der Waals surface area (Å²) < 4.78 is 0. The molecule has 4 saturated carbocycles. The van der Waals surface area contributed by atoms with E-state index in [4.69, 9.17) is 0 Å². The Labute approximate surface area is 249 Å². The second-order valence-corrected chi connectivity index (χ2v) is 13.3. The molecule has 2 unspecified atom stereocenters. The van der Waals surface area contributed by atoms with E-state index in [1.807, 2.05) is 0 Å². The number of aromatic hydroxyl groups is 2. The monoisotopic (exact) mass is 594 g/mol. The van der Waals surface area contributed by atoms with Crippen molar-refractivity contribution >= 4 is 46.2 Å². The molecule has 8 atom stereocenters. The minimum atomic E-state index is -2.22. The minimum absolute atomic E-state index is 0.176. The van der Waals surface area contributed by atoms with E-state index in [2.05, 4.69) is 0 Å². The highest BCUT2D eigenvalue weighted by Gasteiger charge is 2.90. The standard InChI is InChI=1S/C34H26O10/c1-9-5-13-19(15(37)7-9)27(39)25-30(42)24-17(11(3)35)21-22-18(12(4)36)23(33(21,25)31(13)43)29(41)26-28(40)20-14(32(44)34(22,24)26)6-10(2)8-16(20)38/h5-8,17-18,21-24,37-40H,1-4H3/t17-,18+,21+,22-,23+,24-,33?,34?. The molecule has 0 aromatic heterocycles. The third-order valence-electron chi connectivity index (χ3n) is 11.4. The average molecular weight is 595 g/mol. The number of ketones is 6. The van der Waals surface area contributed by atoms with Crippen molar-refractivity contribution in [2.75, 3.05) is 0 Å². The van der Waals surface area contributed by atoms with Gasteiger partial charge in [-0.15, -0.1) is 0 Å². The summed E-state index contributed by atoms with van der Waals surface area (Å²) in [4.78, 5) is 86.9. The molecule has 0 aliphatic heterocycles. The quantitative estimate of drug-likeness (QED) is 0.402. The predicted octanol–water partition coefficient (Wildman–Crippen LogP) is 3.39. The number of benzene rings is 2. The molecule has 10 heteroatoms. The molecular weight excluding hydrogens is 568 g/mol. The molecule has 8 rings (SSSR count). The Balaban J connectivity index is 1.60. The van der Waals surface area contributed by atoms with Crippen LogP contribution in [0.25, 0.3) is 11.5 Å². The number of hydrogen-bond donors (Lipinski definition) is 4. The van der Waals surface area contributed by atoms with Crippen molar-refractivity contribution in [1.29, 1.82) is 0 Å². The molecule has 2 spiro atoms. The zero-order valence-corrected chi connectivity index (χ0v) is 24.0. The molecule has 6 aliphatic carbocycles. The van der Waals surface area contributed by atoms with E-state index in [9.17, 15) is 49.2 Å². The van der Waals surface area contributed by atoms with Gasteiger partial charge in [-0.1, -0.05) is 0 Å². The number of aliphatic hydroxyl groups is 2. The van der Waals surface area contributed by atoms with Crippen molar-refractivity contribution in [2.45, 2.75) is 27.7 Å². The maximum absolute atomic E-state index is 15.0. The van der Waals surface area contributed by atoms with E-state index < -0.39 is 115 Å². The first-order valence-corrected chi connectivity index (χ1v) is 14.4. The number of phenols is 2. The van der Waals surface area contributed by atoms with Gasteiger partial charge in [-0.05, 0) is 74.9 Å². The lowest BCUT2D eigenvalue weighted by Crippen LogP contribution is -2.64. The van der Waals surface area contributed by atoms with Crippen molar-refractivity contribution in [2.24, 2.45) is 46.3 Å². The molecule has 4 fully saturated rings. The van der Waals surface area contributed by atoms with Crippen molar-refractivity contribution in [3.8, 4) is 11.5 Å². The highest BCUT2D eigenvalue weighted by atomic mass is 16.3. The Morgan fingerprint density at radius 3 is 1.27 bits per heavy atom. The van der Waals surface area contributed by atoms with Crippen LogP contribution in [-0.2, 0) is 19.2 Å². The lowest BCUT2D eigenvalue weighted by Gasteiger charge is -2.54. The van der Waals surface area contributed by atoms with Crippen LogP contribution in [0.5, 0.6) is 11.5 Å². The average Bonchev–Trinajstić information content (AvgIpc) is 3.35. The number of carbonyl (C=O) groups excluding carboxylic acids is 6. The van der Waals surface area contributed by atoms with Crippen LogP contribution in [0.2, 0.25) is 0 Å². The molecule has 0 saturated heterocycles. The molecule has 222 valence electrons. The number of aryl methyl sites for hydroxylation is 2. The van der Waals surface area contributed by atoms with Crippen LogP contribution in [-0.4, -0.2) is 55.1 Å². The van der Waals surface area contributed by atoms with Gasteiger partial charge in [-0.2, -0.15) is 0 Å². The van der Waals surface area contributed by atoms with Crippen LogP contribution in [0, 0.1) is 60.2 Å². The van der Waals surface area contributed by atoms with E-state index in [1.54, 1.807) is 13.8 Å². The number of rotatable bonds is 2. The molecule has 44 heavy (non-hydrogen) atoms. The largest absolute Gasteiger partial charge is 0.507 e. The summed E-state index contributed by atoms with van der Waals surface area (Å²) in [5.41, 5.74) is -5.46. The number of fused-ring (bicyclic) bond motifs is 4. The summed E-state index contributed by atoms with van der Waals surface area (Å²) >= 11 is 0. The van der Waals surface area contributed by atoms with E-state index >= 15 is 0 Å².